The average Bonchev–Trinajstić information content (AvgIpc) is 2.26. The molecule has 0 fully saturated rings. The van der Waals surface area contributed by atoms with Crippen molar-refractivity contribution in [3.63, 3.8) is 0 Å². The number of halogens is 1. The minimum Gasteiger partial charge on any atom is -0.352 e. The van der Waals surface area contributed by atoms with E-state index in [2.05, 4.69) is 33.0 Å². The molecular formula is C13H26ClNO. The Hall–Kier alpha value is -0.240. The molecule has 1 N–H and O–H groups in total. The lowest BCUT2D eigenvalue weighted by atomic mass is 9.97. The second-order valence-electron chi connectivity index (χ2n) is 4.76. The third kappa shape index (κ3) is 5.74. The summed E-state index contributed by atoms with van der Waals surface area (Å²) in [5, 5.41) is 3.06. The normalized spacial score (nSPS) is 14.9. The van der Waals surface area contributed by atoms with Gasteiger partial charge in [0.1, 0.15) is 0 Å². The van der Waals surface area contributed by atoms with Gasteiger partial charge >= 0.3 is 0 Å². The molecule has 0 radical (unpaired) electrons. The van der Waals surface area contributed by atoms with Crippen LogP contribution in [0, 0.1) is 11.8 Å². The Morgan fingerprint density at radius 2 is 1.94 bits per heavy atom. The molecule has 0 aliphatic carbocycles. The van der Waals surface area contributed by atoms with Crippen LogP contribution in [0.4, 0.5) is 0 Å². The fourth-order valence-electron chi connectivity index (χ4n) is 1.66. The van der Waals surface area contributed by atoms with Gasteiger partial charge in [-0.3, -0.25) is 4.79 Å². The molecule has 2 unspecified atom stereocenters. The van der Waals surface area contributed by atoms with E-state index >= 15 is 0 Å². The van der Waals surface area contributed by atoms with Crippen molar-refractivity contribution < 1.29 is 4.79 Å². The fraction of sp³-hybridized carbons (Fsp3) is 0.923. The van der Waals surface area contributed by atoms with Crippen LogP contribution in [-0.2, 0) is 4.79 Å². The standard InChI is InChI=1S/C13H26ClNO/c1-5-7-8-11(6-2)13(16)15-12(9-14)10(3)4/h10-12H,5-9H2,1-4H3,(H,15,16). The van der Waals surface area contributed by atoms with Crippen LogP contribution >= 0.6 is 11.6 Å². The van der Waals surface area contributed by atoms with Crippen LogP contribution in [0.25, 0.3) is 0 Å². The fourth-order valence-corrected chi connectivity index (χ4v) is 2.09. The van der Waals surface area contributed by atoms with Crippen molar-refractivity contribution in [2.24, 2.45) is 11.8 Å². The van der Waals surface area contributed by atoms with Crippen molar-refractivity contribution in [2.75, 3.05) is 5.88 Å². The van der Waals surface area contributed by atoms with Crippen LogP contribution in [0.1, 0.15) is 53.4 Å². The highest BCUT2D eigenvalue weighted by molar-refractivity contribution is 6.18. The van der Waals surface area contributed by atoms with E-state index in [1.54, 1.807) is 0 Å². The lowest BCUT2D eigenvalue weighted by Crippen LogP contribution is -2.42. The van der Waals surface area contributed by atoms with Crippen molar-refractivity contribution in [3.8, 4) is 0 Å². The van der Waals surface area contributed by atoms with Crippen LogP contribution in [0.2, 0.25) is 0 Å². The largest absolute Gasteiger partial charge is 0.352 e. The van der Waals surface area contributed by atoms with E-state index in [0.29, 0.717) is 11.8 Å². The van der Waals surface area contributed by atoms with Crippen molar-refractivity contribution in [1.29, 1.82) is 0 Å². The summed E-state index contributed by atoms with van der Waals surface area (Å²) in [6, 6.07) is 0.102. The van der Waals surface area contributed by atoms with Crippen molar-refractivity contribution in [2.45, 2.75) is 59.4 Å². The summed E-state index contributed by atoms with van der Waals surface area (Å²) in [6.07, 6.45) is 4.18. The van der Waals surface area contributed by atoms with Crippen LogP contribution in [-0.4, -0.2) is 17.8 Å². The Morgan fingerprint density at radius 1 is 1.31 bits per heavy atom. The molecule has 2 nitrogen and oxygen atoms in total. The summed E-state index contributed by atoms with van der Waals surface area (Å²) < 4.78 is 0. The highest BCUT2D eigenvalue weighted by atomic mass is 35.5. The van der Waals surface area contributed by atoms with Crippen LogP contribution in [0.15, 0.2) is 0 Å². The first kappa shape index (κ1) is 15.8. The zero-order chi connectivity index (χ0) is 12.6. The number of unbranched alkanes of at least 4 members (excludes halogenated alkanes) is 1. The van der Waals surface area contributed by atoms with Crippen LogP contribution in [0.3, 0.4) is 0 Å². The first-order valence-electron chi connectivity index (χ1n) is 6.43. The van der Waals surface area contributed by atoms with E-state index in [4.69, 9.17) is 11.6 Å². The Labute approximate surface area is 105 Å². The summed E-state index contributed by atoms with van der Waals surface area (Å²) >= 11 is 5.84. The van der Waals surface area contributed by atoms with Gasteiger partial charge in [-0.25, -0.2) is 0 Å². The van der Waals surface area contributed by atoms with Gasteiger partial charge in [-0.1, -0.05) is 40.5 Å². The maximum Gasteiger partial charge on any atom is 0.223 e. The number of hydrogen-bond donors (Lipinski definition) is 1. The number of hydrogen-bond acceptors (Lipinski definition) is 1. The molecule has 0 spiro atoms. The molecule has 0 bridgehead atoms. The second kappa shape index (κ2) is 8.86. The monoisotopic (exact) mass is 247 g/mol. The Kier molecular flexibility index (Phi) is 8.73. The van der Waals surface area contributed by atoms with Crippen LogP contribution < -0.4 is 5.32 Å². The number of carbonyl (C=O) groups is 1. The lowest BCUT2D eigenvalue weighted by Gasteiger charge is -2.23. The molecule has 96 valence electrons. The van der Waals surface area contributed by atoms with Gasteiger partial charge in [-0.2, -0.15) is 0 Å². The minimum atomic E-state index is 0.102. The highest BCUT2D eigenvalue weighted by Gasteiger charge is 2.20. The number of nitrogens with one attached hydrogen (secondary N) is 1. The van der Waals surface area contributed by atoms with Gasteiger partial charge in [0.25, 0.3) is 0 Å². The van der Waals surface area contributed by atoms with Gasteiger partial charge in [-0.15, -0.1) is 11.6 Å². The first-order valence-corrected chi connectivity index (χ1v) is 6.96. The Morgan fingerprint density at radius 3 is 2.31 bits per heavy atom. The second-order valence-corrected chi connectivity index (χ2v) is 5.07. The van der Waals surface area contributed by atoms with Crippen molar-refractivity contribution >= 4 is 17.5 Å². The number of alkyl halides is 1. The molecule has 0 aromatic carbocycles. The third-order valence-electron chi connectivity index (χ3n) is 3.07. The van der Waals surface area contributed by atoms with Gasteiger partial charge in [-0.05, 0) is 18.8 Å². The van der Waals surface area contributed by atoms with Gasteiger partial charge < -0.3 is 5.32 Å². The summed E-state index contributed by atoms with van der Waals surface area (Å²) in [4.78, 5) is 12.0. The summed E-state index contributed by atoms with van der Waals surface area (Å²) in [6.45, 7) is 8.39. The predicted octanol–water partition coefficient (Wildman–Crippen LogP) is 3.58. The van der Waals surface area contributed by atoms with E-state index in [9.17, 15) is 4.79 Å². The Balaban J connectivity index is 4.17. The number of rotatable bonds is 8. The summed E-state index contributed by atoms with van der Waals surface area (Å²) in [5.41, 5.74) is 0. The highest BCUT2D eigenvalue weighted by Crippen LogP contribution is 2.14. The number of carbonyl (C=O) groups excluding carboxylic acids is 1. The maximum absolute atomic E-state index is 12.0. The lowest BCUT2D eigenvalue weighted by molar-refractivity contribution is -0.126. The quantitative estimate of drug-likeness (QED) is 0.653. The molecule has 0 aliphatic heterocycles. The zero-order valence-electron chi connectivity index (χ0n) is 11.1. The molecule has 3 heteroatoms. The molecule has 0 rings (SSSR count). The third-order valence-corrected chi connectivity index (χ3v) is 3.40. The van der Waals surface area contributed by atoms with E-state index in [-0.39, 0.29) is 17.9 Å². The first-order chi connectivity index (χ1) is 7.56. The van der Waals surface area contributed by atoms with E-state index < -0.39 is 0 Å². The van der Waals surface area contributed by atoms with Crippen molar-refractivity contribution in [3.05, 3.63) is 0 Å². The van der Waals surface area contributed by atoms with E-state index in [1.165, 1.54) is 0 Å². The molecule has 2 atom stereocenters. The van der Waals surface area contributed by atoms with E-state index in [1.807, 2.05) is 0 Å². The smallest absolute Gasteiger partial charge is 0.223 e. The van der Waals surface area contributed by atoms with Gasteiger partial charge in [0.15, 0.2) is 0 Å². The zero-order valence-corrected chi connectivity index (χ0v) is 11.8. The van der Waals surface area contributed by atoms with Gasteiger partial charge in [0.05, 0.1) is 0 Å². The maximum atomic E-state index is 12.0. The summed E-state index contributed by atoms with van der Waals surface area (Å²) in [7, 11) is 0. The van der Waals surface area contributed by atoms with E-state index in [0.717, 1.165) is 25.7 Å². The molecule has 0 saturated carbocycles. The molecule has 16 heavy (non-hydrogen) atoms. The Bertz CT molecular complexity index is 194. The molecule has 0 saturated heterocycles. The molecular weight excluding hydrogens is 222 g/mol. The van der Waals surface area contributed by atoms with Crippen LogP contribution in [0.5, 0.6) is 0 Å². The predicted molar refractivity (Wildman–Crippen MR) is 70.8 cm³/mol. The molecule has 0 aromatic heterocycles. The SMILES string of the molecule is CCCCC(CC)C(=O)NC(CCl)C(C)C. The number of amides is 1. The summed E-state index contributed by atoms with van der Waals surface area (Å²) in [5.74, 6) is 1.22. The molecule has 0 aromatic rings. The van der Waals surface area contributed by atoms with Gasteiger partial charge in [0, 0.05) is 17.8 Å². The molecule has 0 aliphatic rings. The topological polar surface area (TPSA) is 29.1 Å². The average molecular weight is 248 g/mol. The van der Waals surface area contributed by atoms with Gasteiger partial charge in [0.2, 0.25) is 5.91 Å². The minimum absolute atomic E-state index is 0.102. The molecule has 0 heterocycles. The van der Waals surface area contributed by atoms with Crippen molar-refractivity contribution in [1.82, 2.24) is 5.32 Å². The molecule has 1 amide bonds.